The van der Waals surface area contributed by atoms with Gasteiger partial charge in [-0.15, -0.1) is 11.8 Å². The van der Waals surface area contributed by atoms with Gasteiger partial charge in [0.2, 0.25) is 17.7 Å². The smallest absolute Gasteiger partial charge is 0.247 e. The fourth-order valence-electron chi connectivity index (χ4n) is 7.28. The van der Waals surface area contributed by atoms with Crippen molar-refractivity contribution >= 4 is 29.5 Å². The third kappa shape index (κ3) is 4.98. The number of carbonyl (C=O) groups excluding carboxylic acids is 3. The lowest BCUT2D eigenvalue weighted by molar-refractivity contribution is -0.147. The van der Waals surface area contributed by atoms with Gasteiger partial charge in [-0.3, -0.25) is 14.4 Å². The summed E-state index contributed by atoms with van der Waals surface area (Å²) in [5.41, 5.74) is 2.05. The van der Waals surface area contributed by atoms with Crippen LogP contribution < -0.4 is 0 Å². The lowest BCUT2D eigenvalue weighted by Crippen LogP contribution is -2.56. The average Bonchev–Trinajstić information content (AvgIpc) is 3.32. The van der Waals surface area contributed by atoms with Crippen LogP contribution >= 0.6 is 11.8 Å². The number of aliphatic hydroxyl groups excluding tert-OH is 1. The average molecular weight is 586 g/mol. The largest absolute Gasteiger partial charge is 0.394 e. The Labute approximate surface area is 252 Å². The summed E-state index contributed by atoms with van der Waals surface area (Å²) in [6.45, 7) is 5.68. The normalized spacial score (nSPS) is 29.4. The number of aliphatic hydroxyl groups is 1. The number of likely N-dealkylation sites (tertiary alicyclic amines) is 1. The minimum absolute atomic E-state index is 0.0483. The molecule has 2 aromatic rings. The Morgan fingerprint density at radius 2 is 1.45 bits per heavy atom. The van der Waals surface area contributed by atoms with Crippen LogP contribution in [0.15, 0.2) is 85.0 Å². The summed E-state index contributed by atoms with van der Waals surface area (Å²) in [7, 11) is 0. The van der Waals surface area contributed by atoms with Gasteiger partial charge in [-0.05, 0) is 23.5 Å². The Kier molecular flexibility index (Phi) is 8.03. The van der Waals surface area contributed by atoms with Crippen LogP contribution in [0.4, 0.5) is 0 Å². The molecule has 0 radical (unpaired) electrons. The molecule has 4 aliphatic heterocycles. The van der Waals surface area contributed by atoms with Gasteiger partial charge in [0, 0.05) is 31.4 Å². The van der Waals surface area contributed by atoms with Crippen LogP contribution in [-0.2, 0) is 27.5 Å². The lowest BCUT2D eigenvalue weighted by Gasteiger charge is -2.39. The third-order valence-corrected chi connectivity index (χ3v) is 10.8. The third-order valence-electron chi connectivity index (χ3n) is 9.04. The van der Waals surface area contributed by atoms with E-state index in [1.807, 2.05) is 82.6 Å². The van der Waals surface area contributed by atoms with E-state index in [1.165, 1.54) is 0 Å². The van der Waals surface area contributed by atoms with Gasteiger partial charge in [-0.25, -0.2) is 0 Å². The highest BCUT2D eigenvalue weighted by atomic mass is 32.2. The highest BCUT2D eigenvalue weighted by molar-refractivity contribution is 8.02. The number of amides is 3. The second-order valence-corrected chi connectivity index (χ2v) is 13.8. The predicted molar refractivity (Wildman–Crippen MR) is 164 cm³/mol. The van der Waals surface area contributed by atoms with Crippen molar-refractivity contribution in [1.29, 1.82) is 0 Å². The second-order valence-electron chi connectivity index (χ2n) is 12.3. The van der Waals surface area contributed by atoms with E-state index in [9.17, 15) is 19.5 Å². The number of hydrogen-bond acceptors (Lipinski definition) is 5. The molecule has 7 nitrogen and oxygen atoms in total. The van der Waals surface area contributed by atoms with Crippen molar-refractivity contribution in [2.45, 2.75) is 55.4 Å². The molecule has 2 saturated heterocycles. The topological polar surface area (TPSA) is 81.2 Å². The first-order valence-corrected chi connectivity index (χ1v) is 15.8. The number of hydrogen-bond donors (Lipinski definition) is 1. The molecule has 8 heteroatoms. The number of nitrogens with zero attached hydrogens (tertiary/aromatic N) is 3. The monoisotopic (exact) mass is 585 g/mol. The van der Waals surface area contributed by atoms with Crippen LogP contribution in [-0.4, -0.2) is 79.3 Å². The van der Waals surface area contributed by atoms with Crippen molar-refractivity contribution in [3.63, 3.8) is 0 Å². The summed E-state index contributed by atoms with van der Waals surface area (Å²) in [5, 5.41) is 10.4. The van der Waals surface area contributed by atoms with E-state index >= 15 is 0 Å². The van der Waals surface area contributed by atoms with E-state index in [4.69, 9.17) is 0 Å². The van der Waals surface area contributed by atoms with E-state index in [2.05, 4.69) is 26.0 Å². The maximum Gasteiger partial charge on any atom is 0.247 e. The van der Waals surface area contributed by atoms with Crippen LogP contribution in [0, 0.1) is 17.8 Å². The molecule has 6 rings (SSSR count). The molecule has 220 valence electrons. The molecule has 1 N–H and O–H groups in total. The van der Waals surface area contributed by atoms with Gasteiger partial charge >= 0.3 is 0 Å². The van der Waals surface area contributed by atoms with Crippen LogP contribution in [0.25, 0.3) is 0 Å². The molecule has 4 aliphatic rings. The Hall–Kier alpha value is -3.36. The van der Waals surface area contributed by atoms with E-state index in [0.29, 0.717) is 32.6 Å². The summed E-state index contributed by atoms with van der Waals surface area (Å²) in [4.78, 5) is 48.8. The molecule has 42 heavy (non-hydrogen) atoms. The van der Waals surface area contributed by atoms with Crippen LogP contribution in [0.1, 0.15) is 31.4 Å². The predicted octanol–water partition coefficient (Wildman–Crippen LogP) is 3.89. The standard InChI is InChI=1S/C34H39N3O4S/c1-23(2)19-26(22-38)37-30-33(41)36(21-25-13-7-4-8-14-25)18-10-16-34(30)29(32(37)40)28-27(42-34)15-9-17-35(31(28)39)20-24-11-5-3-6-12-24/h3-16,23,26-30,38H,17-22H2,1-2H3/t26-,27-,28+,29+,30?,34+/m1/s1. The zero-order chi connectivity index (χ0) is 29.4. The molecule has 1 unspecified atom stereocenters. The zero-order valence-electron chi connectivity index (χ0n) is 24.2. The van der Waals surface area contributed by atoms with E-state index in [-0.39, 0.29) is 35.5 Å². The number of rotatable bonds is 8. The van der Waals surface area contributed by atoms with Crippen molar-refractivity contribution < 1.29 is 19.5 Å². The van der Waals surface area contributed by atoms with Gasteiger partial charge in [-0.2, -0.15) is 0 Å². The molecule has 0 aromatic heterocycles. The molecule has 0 saturated carbocycles. The first kappa shape index (κ1) is 28.7. The minimum Gasteiger partial charge on any atom is -0.394 e. The first-order valence-electron chi connectivity index (χ1n) is 14.9. The Bertz CT molecular complexity index is 1380. The molecule has 0 aliphatic carbocycles. The quantitative estimate of drug-likeness (QED) is 0.476. The Morgan fingerprint density at radius 3 is 2.05 bits per heavy atom. The van der Waals surface area contributed by atoms with Crippen molar-refractivity contribution in [2.75, 3.05) is 19.7 Å². The maximum atomic E-state index is 14.6. The minimum atomic E-state index is -0.894. The first-order chi connectivity index (χ1) is 20.3. The lowest BCUT2D eigenvalue weighted by atomic mass is 9.78. The number of thioether (sulfide) groups is 1. The highest BCUT2D eigenvalue weighted by Crippen LogP contribution is 2.61. The molecule has 2 aromatic carbocycles. The van der Waals surface area contributed by atoms with Crippen molar-refractivity contribution in [3.8, 4) is 0 Å². The highest BCUT2D eigenvalue weighted by Gasteiger charge is 2.71. The summed E-state index contributed by atoms with van der Waals surface area (Å²) in [6.07, 6.45) is 8.74. The molecule has 3 amide bonds. The summed E-state index contributed by atoms with van der Waals surface area (Å²) in [6, 6.07) is 18.5. The number of benzene rings is 2. The van der Waals surface area contributed by atoms with Crippen LogP contribution in [0.2, 0.25) is 0 Å². The van der Waals surface area contributed by atoms with E-state index < -0.39 is 28.7 Å². The molecule has 0 bridgehead atoms. The number of carbonyl (C=O) groups is 3. The number of fused-ring (bicyclic) bond motifs is 2. The molecule has 4 heterocycles. The summed E-state index contributed by atoms with van der Waals surface area (Å²) >= 11 is 1.59. The summed E-state index contributed by atoms with van der Waals surface area (Å²) < 4.78 is -0.894. The van der Waals surface area contributed by atoms with Gasteiger partial charge < -0.3 is 19.8 Å². The fraction of sp³-hybridized carbons (Fsp3) is 0.441. The van der Waals surface area contributed by atoms with Gasteiger partial charge in [-0.1, -0.05) is 98.8 Å². The molecule has 2 fully saturated rings. The summed E-state index contributed by atoms with van der Waals surface area (Å²) in [5.74, 6) is -1.43. The maximum absolute atomic E-state index is 14.6. The van der Waals surface area contributed by atoms with E-state index in [1.54, 1.807) is 16.7 Å². The zero-order valence-corrected chi connectivity index (χ0v) is 25.0. The second kappa shape index (κ2) is 11.7. The van der Waals surface area contributed by atoms with Crippen molar-refractivity contribution in [2.24, 2.45) is 17.8 Å². The Balaban J connectivity index is 1.40. The van der Waals surface area contributed by atoms with Gasteiger partial charge in [0.05, 0.1) is 29.2 Å². The van der Waals surface area contributed by atoms with Crippen molar-refractivity contribution in [1.82, 2.24) is 14.7 Å². The van der Waals surface area contributed by atoms with Crippen LogP contribution in [0.3, 0.4) is 0 Å². The Morgan fingerprint density at radius 1 is 0.857 bits per heavy atom. The SMILES string of the molecule is CC(C)C[C@H](CO)N1C(=O)[C@@H]2[C@H]3C(=O)N(Cc4ccccc4)CC=C[C@H]3S[C@@]23C=CCN(Cc2ccccc2)C(=O)C13. The molecule has 6 atom stereocenters. The van der Waals surface area contributed by atoms with Gasteiger partial charge in [0.25, 0.3) is 0 Å². The molecule has 1 spiro atoms. The van der Waals surface area contributed by atoms with E-state index in [0.717, 1.165) is 11.1 Å². The molecular weight excluding hydrogens is 546 g/mol. The fourth-order valence-corrected chi connectivity index (χ4v) is 9.27. The van der Waals surface area contributed by atoms with Gasteiger partial charge in [0.15, 0.2) is 0 Å². The van der Waals surface area contributed by atoms with Crippen molar-refractivity contribution in [3.05, 3.63) is 96.1 Å². The van der Waals surface area contributed by atoms with Gasteiger partial charge in [0.1, 0.15) is 6.04 Å². The van der Waals surface area contributed by atoms with Crippen LogP contribution in [0.5, 0.6) is 0 Å². The molecular formula is C34H39N3O4S.